The first kappa shape index (κ1) is 20.5. The Morgan fingerprint density at radius 1 is 1.10 bits per heavy atom. The summed E-state index contributed by atoms with van der Waals surface area (Å²) in [5.41, 5.74) is 0.759. The highest BCUT2D eigenvalue weighted by Crippen LogP contribution is 2.43. The molecule has 2 atom stereocenters. The number of sulfone groups is 1. The molecule has 158 valence electrons. The molecule has 3 fully saturated rings. The van der Waals surface area contributed by atoms with E-state index in [0.29, 0.717) is 16.7 Å². The Labute approximate surface area is 175 Å². The molecule has 0 aromatic heterocycles. The van der Waals surface area contributed by atoms with Crippen molar-refractivity contribution in [1.29, 1.82) is 0 Å². The smallest absolute Gasteiger partial charge is 0.251 e. The Morgan fingerprint density at radius 3 is 2.52 bits per heavy atom. The lowest BCUT2D eigenvalue weighted by atomic mass is 9.89. The van der Waals surface area contributed by atoms with Gasteiger partial charge in [-0.2, -0.15) is 4.99 Å². The van der Waals surface area contributed by atoms with Crippen LogP contribution in [0.3, 0.4) is 0 Å². The van der Waals surface area contributed by atoms with E-state index in [-0.39, 0.29) is 34.6 Å². The summed E-state index contributed by atoms with van der Waals surface area (Å²) >= 11 is 1.41. The summed E-state index contributed by atoms with van der Waals surface area (Å²) in [5, 5.41) is 0.476. The third-order valence-corrected chi connectivity index (χ3v) is 9.08. The first-order valence-electron chi connectivity index (χ1n) is 9.93. The number of fused-ring (bicyclic) bond motifs is 1. The fraction of sp³-hybridized carbons (Fsp3) is 0.600. The number of carbonyl (C=O) groups is 1. The van der Waals surface area contributed by atoms with Crippen molar-refractivity contribution in [3.05, 3.63) is 18.2 Å². The van der Waals surface area contributed by atoms with Crippen LogP contribution >= 0.6 is 11.8 Å². The molecule has 0 radical (unpaired) electrons. The highest BCUT2D eigenvalue weighted by Gasteiger charge is 2.49. The molecule has 2 aliphatic heterocycles. The van der Waals surface area contributed by atoms with Gasteiger partial charge in [-0.3, -0.25) is 4.79 Å². The van der Waals surface area contributed by atoms with E-state index < -0.39 is 9.84 Å². The Kier molecular flexibility index (Phi) is 5.79. The summed E-state index contributed by atoms with van der Waals surface area (Å²) < 4.78 is 35.2. The summed E-state index contributed by atoms with van der Waals surface area (Å²) in [5.74, 6) is 1.22. The van der Waals surface area contributed by atoms with E-state index >= 15 is 0 Å². The third-order valence-electron chi connectivity index (χ3n) is 5.87. The van der Waals surface area contributed by atoms with Crippen LogP contribution in [0, 0.1) is 5.92 Å². The summed E-state index contributed by atoms with van der Waals surface area (Å²) in [6.07, 6.45) is 5.08. The molecule has 1 saturated carbocycles. The second kappa shape index (κ2) is 8.18. The monoisotopic (exact) mass is 438 g/mol. The average Bonchev–Trinajstić information content (AvgIpc) is 3.18. The number of hydrogen-bond acceptors (Lipinski definition) is 6. The Hall–Kier alpha value is -1.74. The number of amidine groups is 1. The summed E-state index contributed by atoms with van der Waals surface area (Å²) in [7, 11) is 0.0226. The average molecular weight is 439 g/mol. The number of nitrogens with zero attached hydrogens (tertiary/aromatic N) is 2. The van der Waals surface area contributed by atoms with Crippen LogP contribution in [0.5, 0.6) is 11.5 Å². The van der Waals surface area contributed by atoms with Crippen molar-refractivity contribution in [3.8, 4) is 11.5 Å². The molecule has 9 heteroatoms. The standard InChI is InChI=1S/C20H26N2O5S2/c1-26-16-9-8-14(10-17(16)27-2)22-15-11-29(24,25)12-18(15)28-20(22)21-19(23)13-6-4-3-5-7-13/h8-10,13,15,18H,3-7,11-12H2,1-2H3/t15-,18-/m0/s1. The van der Waals surface area contributed by atoms with Gasteiger partial charge >= 0.3 is 0 Å². The molecule has 1 aromatic rings. The van der Waals surface area contributed by atoms with Crippen LogP contribution < -0.4 is 14.4 Å². The van der Waals surface area contributed by atoms with E-state index in [2.05, 4.69) is 4.99 Å². The summed E-state index contributed by atoms with van der Waals surface area (Å²) in [6.45, 7) is 0. The van der Waals surface area contributed by atoms with Gasteiger partial charge in [0.15, 0.2) is 26.5 Å². The highest BCUT2D eigenvalue weighted by atomic mass is 32.2. The van der Waals surface area contributed by atoms with Gasteiger partial charge in [-0.25, -0.2) is 8.42 Å². The second-order valence-electron chi connectivity index (χ2n) is 7.78. The van der Waals surface area contributed by atoms with Gasteiger partial charge in [0.1, 0.15) is 0 Å². The van der Waals surface area contributed by atoms with E-state index in [1.807, 2.05) is 17.0 Å². The van der Waals surface area contributed by atoms with Gasteiger partial charge in [-0.1, -0.05) is 31.0 Å². The quantitative estimate of drug-likeness (QED) is 0.714. The van der Waals surface area contributed by atoms with Gasteiger partial charge in [0.2, 0.25) is 0 Å². The lowest BCUT2D eigenvalue weighted by Gasteiger charge is -2.26. The zero-order valence-electron chi connectivity index (χ0n) is 16.7. The minimum absolute atomic E-state index is 0.0201. The van der Waals surface area contributed by atoms with Crippen LogP contribution in [0.15, 0.2) is 23.2 Å². The van der Waals surface area contributed by atoms with Gasteiger partial charge in [0, 0.05) is 22.9 Å². The molecule has 2 saturated heterocycles. The van der Waals surface area contributed by atoms with Crippen molar-refractivity contribution in [2.24, 2.45) is 10.9 Å². The van der Waals surface area contributed by atoms with Crippen molar-refractivity contribution >= 4 is 38.4 Å². The topological polar surface area (TPSA) is 85.3 Å². The van der Waals surface area contributed by atoms with Crippen molar-refractivity contribution < 1.29 is 22.7 Å². The van der Waals surface area contributed by atoms with Crippen LogP contribution in [-0.2, 0) is 14.6 Å². The minimum atomic E-state index is -3.11. The molecule has 4 rings (SSSR count). The summed E-state index contributed by atoms with van der Waals surface area (Å²) in [6, 6.07) is 5.22. The van der Waals surface area contributed by atoms with E-state index in [1.54, 1.807) is 20.3 Å². The van der Waals surface area contributed by atoms with Crippen LogP contribution in [0.2, 0.25) is 0 Å². The van der Waals surface area contributed by atoms with Crippen LogP contribution in [0.25, 0.3) is 0 Å². The molecule has 0 unspecified atom stereocenters. The van der Waals surface area contributed by atoms with Gasteiger partial charge in [-0.15, -0.1) is 0 Å². The van der Waals surface area contributed by atoms with Crippen LogP contribution in [-0.4, -0.2) is 56.5 Å². The molecule has 3 aliphatic rings. The van der Waals surface area contributed by atoms with E-state index in [9.17, 15) is 13.2 Å². The third kappa shape index (κ3) is 4.12. The molecule has 0 N–H and O–H groups in total. The van der Waals surface area contributed by atoms with Crippen molar-refractivity contribution in [1.82, 2.24) is 0 Å². The largest absolute Gasteiger partial charge is 0.493 e. The van der Waals surface area contributed by atoms with Crippen molar-refractivity contribution in [3.63, 3.8) is 0 Å². The van der Waals surface area contributed by atoms with E-state index in [0.717, 1.165) is 31.4 Å². The maximum Gasteiger partial charge on any atom is 0.251 e. The molecule has 29 heavy (non-hydrogen) atoms. The number of hydrogen-bond donors (Lipinski definition) is 0. The van der Waals surface area contributed by atoms with E-state index in [4.69, 9.17) is 9.47 Å². The summed E-state index contributed by atoms with van der Waals surface area (Å²) in [4.78, 5) is 19.2. The minimum Gasteiger partial charge on any atom is -0.493 e. The van der Waals surface area contributed by atoms with Crippen molar-refractivity contribution in [2.45, 2.75) is 43.4 Å². The van der Waals surface area contributed by atoms with Crippen LogP contribution in [0.1, 0.15) is 32.1 Å². The molecule has 0 bridgehead atoms. The van der Waals surface area contributed by atoms with Gasteiger partial charge in [-0.05, 0) is 25.0 Å². The molecule has 1 amide bonds. The Bertz CT molecular complexity index is 925. The molecule has 1 aliphatic carbocycles. The fourth-order valence-electron chi connectivity index (χ4n) is 4.38. The Balaban J connectivity index is 1.69. The second-order valence-corrected chi connectivity index (χ2v) is 11.1. The number of carbonyl (C=O) groups excluding carboxylic acids is 1. The molecular formula is C20H26N2O5S2. The van der Waals surface area contributed by atoms with Crippen molar-refractivity contribution in [2.75, 3.05) is 30.6 Å². The normalized spacial score (nSPS) is 27.8. The number of rotatable bonds is 4. The number of anilines is 1. The van der Waals surface area contributed by atoms with E-state index in [1.165, 1.54) is 18.2 Å². The predicted molar refractivity (Wildman–Crippen MR) is 115 cm³/mol. The number of methoxy groups -OCH3 is 2. The Morgan fingerprint density at radius 2 is 1.83 bits per heavy atom. The number of benzene rings is 1. The molecule has 2 heterocycles. The number of thioether (sulfide) groups is 1. The fourth-order valence-corrected chi connectivity index (χ4v) is 8.30. The maximum absolute atomic E-state index is 12.8. The van der Waals surface area contributed by atoms with Gasteiger partial charge in [0.05, 0.1) is 31.8 Å². The number of amides is 1. The van der Waals surface area contributed by atoms with Gasteiger partial charge in [0.25, 0.3) is 5.91 Å². The van der Waals surface area contributed by atoms with Crippen LogP contribution in [0.4, 0.5) is 5.69 Å². The van der Waals surface area contributed by atoms with Gasteiger partial charge < -0.3 is 14.4 Å². The molecule has 1 aromatic carbocycles. The number of ether oxygens (including phenoxy) is 2. The lowest BCUT2D eigenvalue weighted by Crippen LogP contribution is -2.38. The number of aliphatic imine (C=N–C) groups is 1. The zero-order valence-corrected chi connectivity index (χ0v) is 18.3. The lowest BCUT2D eigenvalue weighted by molar-refractivity contribution is -0.122. The predicted octanol–water partition coefficient (Wildman–Crippen LogP) is 2.89. The molecular weight excluding hydrogens is 412 g/mol. The first-order chi connectivity index (χ1) is 13.9. The molecule has 7 nitrogen and oxygen atoms in total. The molecule has 0 spiro atoms. The SMILES string of the molecule is COc1ccc(N2C(=NC(=O)C3CCCCC3)S[C@H]3CS(=O)(=O)C[C@@H]32)cc1OC. The first-order valence-corrected chi connectivity index (χ1v) is 12.6. The zero-order chi connectivity index (χ0) is 20.6. The highest BCUT2D eigenvalue weighted by molar-refractivity contribution is 8.16. The maximum atomic E-state index is 12.8.